The fraction of sp³-hybridized carbons (Fsp3) is 0.455. The zero-order valence-corrected chi connectivity index (χ0v) is 11.0. The van der Waals surface area contributed by atoms with Crippen LogP contribution in [0.2, 0.25) is 10.0 Å². The van der Waals surface area contributed by atoms with Crippen LogP contribution in [0, 0.1) is 0 Å². The molecule has 5 heteroatoms. The predicted molar refractivity (Wildman–Crippen MR) is 70.0 cm³/mol. The number of hydrogen-bond donors (Lipinski definition) is 2. The van der Waals surface area contributed by atoms with E-state index in [1.807, 2.05) is 0 Å². The Balaban J connectivity index is 0.00000128. The molecule has 16 heavy (non-hydrogen) atoms. The van der Waals surface area contributed by atoms with E-state index in [4.69, 9.17) is 23.2 Å². The highest BCUT2D eigenvalue weighted by molar-refractivity contribution is 6.35. The standard InChI is InChI=1S/C11H13Cl2NO.ClH/c12-7-5-8(13)11(10(15)6-7)9-3-1-2-4-14-9;/h5-6,9,14-15H,1-4H2;1H/t9-;/m1./s1. The molecule has 2 rings (SSSR count). The third kappa shape index (κ3) is 2.95. The molecule has 1 aliphatic heterocycles. The van der Waals surface area contributed by atoms with Crippen LogP contribution < -0.4 is 5.32 Å². The number of phenolic OH excluding ortho intramolecular Hbond substituents is 1. The molecule has 0 bridgehead atoms. The van der Waals surface area contributed by atoms with Gasteiger partial charge in [0, 0.05) is 16.6 Å². The van der Waals surface area contributed by atoms with E-state index in [0.29, 0.717) is 10.0 Å². The Morgan fingerprint density at radius 2 is 2.00 bits per heavy atom. The van der Waals surface area contributed by atoms with Crippen molar-refractivity contribution in [3.8, 4) is 5.75 Å². The van der Waals surface area contributed by atoms with Crippen molar-refractivity contribution in [2.24, 2.45) is 0 Å². The van der Waals surface area contributed by atoms with E-state index in [1.165, 1.54) is 6.42 Å². The molecule has 1 aliphatic rings. The lowest BCUT2D eigenvalue weighted by atomic mass is 9.97. The number of aromatic hydroxyl groups is 1. The Morgan fingerprint density at radius 3 is 2.56 bits per heavy atom. The van der Waals surface area contributed by atoms with Gasteiger partial charge in [-0.3, -0.25) is 0 Å². The largest absolute Gasteiger partial charge is 0.508 e. The van der Waals surface area contributed by atoms with E-state index < -0.39 is 0 Å². The quantitative estimate of drug-likeness (QED) is 0.818. The van der Waals surface area contributed by atoms with Gasteiger partial charge in [0.1, 0.15) is 5.75 Å². The van der Waals surface area contributed by atoms with Crippen molar-refractivity contribution >= 4 is 35.6 Å². The van der Waals surface area contributed by atoms with Crippen molar-refractivity contribution in [2.75, 3.05) is 6.54 Å². The average molecular weight is 283 g/mol. The molecule has 90 valence electrons. The van der Waals surface area contributed by atoms with Gasteiger partial charge < -0.3 is 10.4 Å². The summed E-state index contributed by atoms with van der Waals surface area (Å²) in [5, 5.41) is 14.2. The second-order valence-electron chi connectivity index (χ2n) is 3.82. The summed E-state index contributed by atoms with van der Waals surface area (Å²) in [6.45, 7) is 0.975. The summed E-state index contributed by atoms with van der Waals surface area (Å²) in [4.78, 5) is 0. The fourth-order valence-electron chi connectivity index (χ4n) is 2.01. The summed E-state index contributed by atoms with van der Waals surface area (Å²) < 4.78 is 0. The van der Waals surface area contributed by atoms with Crippen molar-refractivity contribution in [2.45, 2.75) is 25.3 Å². The number of phenols is 1. The van der Waals surface area contributed by atoms with Crippen LogP contribution in [0.4, 0.5) is 0 Å². The third-order valence-corrected chi connectivity index (χ3v) is 3.26. The van der Waals surface area contributed by atoms with Gasteiger partial charge in [0.05, 0.1) is 5.02 Å². The highest BCUT2D eigenvalue weighted by atomic mass is 35.5. The number of rotatable bonds is 1. The van der Waals surface area contributed by atoms with Gasteiger partial charge in [0.2, 0.25) is 0 Å². The van der Waals surface area contributed by atoms with E-state index in [9.17, 15) is 5.11 Å². The lowest BCUT2D eigenvalue weighted by molar-refractivity contribution is 0.391. The summed E-state index contributed by atoms with van der Waals surface area (Å²) in [7, 11) is 0. The van der Waals surface area contributed by atoms with Gasteiger partial charge >= 0.3 is 0 Å². The van der Waals surface area contributed by atoms with Crippen LogP contribution in [0.25, 0.3) is 0 Å². The van der Waals surface area contributed by atoms with E-state index in [-0.39, 0.29) is 24.2 Å². The van der Waals surface area contributed by atoms with E-state index in [1.54, 1.807) is 12.1 Å². The van der Waals surface area contributed by atoms with Gasteiger partial charge in [-0.05, 0) is 31.5 Å². The molecule has 1 aromatic carbocycles. The maximum absolute atomic E-state index is 9.82. The molecule has 1 fully saturated rings. The molecule has 0 amide bonds. The molecule has 1 aromatic rings. The molecule has 1 atom stereocenters. The number of hydrogen-bond acceptors (Lipinski definition) is 2. The zero-order valence-electron chi connectivity index (χ0n) is 8.67. The van der Waals surface area contributed by atoms with Crippen molar-refractivity contribution in [1.29, 1.82) is 0 Å². The molecular weight excluding hydrogens is 268 g/mol. The maximum Gasteiger partial charge on any atom is 0.123 e. The molecule has 1 saturated heterocycles. The molecule has 1 heterocycles. The fourth-order valence-corrected chi connectivity index (χ4v) is 2.63. The normalized spacial score (nSPS) is 20.2. The molecule has 0 aromatic heterocycles. The first-order valence-electron chi connectivity index (χ1n) is 5.10. The van der Waals surface area contributed by atoms with Crippen LogP contribution in [0.3, 0.4) is 0 Å². The zero-order chi connectivity index (χ0) is 10.8. The summed E-state index contributed by atoms with van der Waals surface area (Å²) in [6.07, 6.45) is 3.35. The first-order valence-corrected chi connectivity index (χ1v) is 5.85. The Hall–Kier alpha value is -0.150. The smallest absolute Gasteiger partial charge is 0.123 e. The monoisotopic (exact) mass is 281 g/mol. The second-order valence-corrected chi connectivity index (χ2v) is 4.67. The van der Waals surface area contributed by atoms with Gasteiger partial charge in [0.15, 0.2) is 0 Å². The van der Waals surface area contributed by atoms with Crippen LogP contribution in [0.15, 0.2) is 12.1 Å². The molecule has 0 saturated carbocycles. The number of halogens is 3. The Labute approximate surface area is 111 Å². The van der Waals surface area contributed by atoms with Crippen molar-refractivity contribution in [3.05, 3.63) is 27.7 Å². The number of benzene rings is 1. The molecule has 2 nitrogen and oxygen atoms in total. The highest BCUT2D eigenvalue weighted by Gasteiger charge is 2.21. The first-order chi connectivity index (χ1) is 7.18. The minimum Gasteiger partial charge on any atom is -0.508 e. The molecule has 2 N–H and O–H groups in total. The molecule has 0 radical (unpaired) electrons. The van der Waals surface area contributed by atoms with Gasteiger partial charge in [0.25, 0.3) is 0 Å². The summed E-state index contributed by atoms with van der Waals surface area (Å²) in [6, 6.07) is 3.37. The van der Waals surface area contributed by atoms with Crippen molar-refractivity contribution < 1.29 is 5.11 Å². The van der Waals surface area contributed by atoms with Crippen LogP contribution >= 0.6 is 35.6 Å². The van der Waals surface area contributed by atoms with Gasteiger partial charge in [-0.1, -0.05) is 29.6 Å². The Kier molecular flexibility index (Phi) is 5.19. The predicted octanol–water partition coefficient (Wildman–Crippen LogP) is 3.94. The van der Waals surface area contributed by atoms with Crippen LogP contribution in [-0.2, 0) is 0 Å². The summed E-state index contributed by atoms with van der Waals surface area (Å²) >= 11 is 11.9. The van der Waals surface area contributed by atoms with Gasteiger partial charge in [-0.2, -0.15) is 0 Å². The third-order valence-electron chi connectivity index (χ3n) is 2.73. The molecule has 0 unspecified atom stereocenters. The topological polar surface area (TPSA) is 32.3 Å². The van der Waals surface area contributed by atoms with Crippen molar-refractivity contribution in [1.82, 2.24) is 5.32 Å². The maximum atomic E-state index is 9.82. The van der Waals surface area contributed by atoms with Gasteiger partial charge in [-0.15, -0.1) is 12.4 Å². The number of piperidine rings is 1. The minimum absolute atomic E-state index is 0. The second kappa shape index (κ2) is 5.97. The molecule has 0 spiro atoms. The lowest BCUT2D eigenvalue weighted by Crippen LogP contribution is -2.27. The van der Waals surface area contributed by atoms with Crippen LogP contribution in [0.1, 0.15) is 30.9 Å². The van der Waals surface area contributed by atoms with E-state index >= 15 is 0 Å². The van der Waals surface area contributed by atoms with Gasteiger partial charge in [-0.25, -0.2) is 0 Å². The Bertz CT molecular complexity index is 341. The lowest BCUT2D eigenvalue weighted by Gasteiger charge is -2.25. The first kappa shape index (κ1) is 13.9. The Morgan fingerprint density at radius 1 is 1.25 bits per heavy atom. The molecular formula is C11H14Cl3NO. The average Bonchev–Trinajstić information content (AvgIpc) is 2.17. The summed E-state index contributed by atoms with van der Waals surface area (Å²) in [5.41, 5.74) is 0.778. The summed E-state index contributed by atoms with van der Waals surface area (Å²) in [5.74, 6) is 0.187. The van der Waals surface area contributed by atoms with E-state index in [0.717, 1.165) is 24.9 Å². The molecule has 0 aliphatic carbocycles. The SMILES string of the molecule is Cl.Oc1cc(Cl)cc(Cl)c1[C@H]1CCCCN1. The number of nitrogens with one attached hydrogen (secondary N) is 1. The highest BCUT2D eigenvalue weighted by Crippen LogP contribution is 2.37. The van der Waals surface area contributed by atoms with E-state index in [2.05, 4.69) is 5.32 Å². The minimum atomic E-state index is 0. The van der Waals surface area contributed by atoms with Crippen LogP contribution in [-0.4, -0.2) is 11.7 Å². The van der Waals surface area contributed by atoms with Crippen molar-refractivity contribution in [3.63, 3.8) is 0 Å². The van der Waals surface area contributed by atoms with Crippen LogP contribution in [0.5, 0.6) is 5.75 Å².